The molecule has 25 heavy (non-hydrogen) atoms. The highest BCUT2D eigenvalue weighted by molar-refractivity contribution is 7.89. The van der Waals surface area contributed by atoms with E-state index in [2.05, 4.69) is 10.3 Å². The molecule has 1 aromatic heterocycles. The average molecular weight is 394 g/mol. The van der Waals surface area contributed by atoms with Crippen molar-refractivity contribution in [3.8, 4) is 0 Å². The Bertz CT molecular complexity index is 873. The number of hydrogen-bond acceptors (Lipinski definition) is 4. The van der Waals surface area contributed by atoms with Crippen molar-refractivity contribution in [2.24, 2.45) is 5.14 Å². The van der Waals surface area contributed by atoms with E-state index in [9.17, 15) is 21.6 Å². The molecule has 0 fully saturated rings. The number of pyridine rings is 1. The smallest absolute Gasteiger partial charge is 0.362 e. The van der Waals surface area contributed by atoms with E-state index in [-0.39, 0.29) is 15.7 Å². The van der Waals surface area contributed by atoms with Crippen LogP contribution in [0.4, 0.5) is 19.0 Å². The molecule has 1 atom stereocenters. The van der Waals surface area contributed by atoms with Gasteiger partial charge in [-0.2, -0.15) is 13.2 Å². The van der Waals surface area contributed by atoms with E-state index < -0.39 is 27.8 Å². The Hall–Kier alpha value is -1.84. The Kier molecular flexibility index (Phi) is 5.60. The van der Waals surface area contributed by atoms with E-state index in [0.29, 0.717) is 18.2 Å². The highest BCUT2D eigenvalue weighted by atomic mass is 35.5. The lowest BCUT2D eigenvalue weighted by Crippen LogP contribution is -2.15. The van der Waals surface area contributed by atoms with Gasteiger partial charge in [-0.1, -0.05) is 30.7 Å². The van der Waals surface area contributed by atoms with Crippen LogP contribution in [0, 0.1) is 0 Å². The summed E-state index contributed by atoms with van der Waals surface area (Å²) in [5.41, 5.74) is -0.362. The maximum absolute atomic E-state index is 12.7. The van der Waals surface area contributed by atoms with Crippen LogP contribution >= 0.6 is 11.6 Å². The first-order chi connectivity index (χ1) is 11.5. The number of alkyl halides is 3. The Balaban J connectivity index is 2.32. The Morgan fingerprint density at radius 1 is 1.32 bits per heavy atom. The van der Waals surface area contributed by atoms with Gasteiger partial charge in [-0.15, -0.1) is 0 Å². The van der Waals surface area contributed by atoms with Gasteiger partial charge in [0, 0.05) is 6.20 Å². The average Bonchev–Trinajstić information content (AvgIpc) is 2.52. The molecule has 0 aliphatic carbocycles. The summed E-state index contributed by atoms with van der Waals surface area (Å²) in [6.07, 6.45) is -3.35. The van der Waals surface area contributed by atoms with Crippen LogP contribution in [0.15, 0.2) is 41.4 Å². The number of aromatic nitrogens is 1. The van der Waals surface area contributed by atoms with Gasteiger partial charge in [0.2, 0.25) is 10.0 Å². The second-order valence-electron chi connectivity index (χ2n) is 5.27. The molecule has 3 N–H and O–H groups in total. The molecule has 2 rings (SSSR count). The van der Waals surface area contributed by atoms with Crippen molar-refractivity contribution in [2.45, 2.75) is 30.5 Å². The molecule has 1 unspecified atom stereocenters. The third kappa shape index (κ3) is 4.83. The Labute approximate surface area is 148 Å². The number of nitrogens with one attached hydrogen (secondary N) is 1. The van der Waals surface area contributed by atoms with Gasteiger partial charge in [0.15, 0.2) is 0 Å². The first kappa shape index (κ1) is 19.5. The molecule has 1 aromatic carbocycles. The van der Waals surface area contributed by atoms with Gasteiger partial charge in [-0.25, -0.2) is 18.5 Å². The second kappa shape index (κ2) is 7.19. The van der Waals surface area contributed by atoms with Gasteiger partial charge in [-0.3, -0.25) is 0 Å². The van der Waals surface area contributed by atoms with E-state index in [1.807, 2.05) is 6.92 Å². The molecule has 0 bridgehead atoms. The Morgan fingerprint density at radius 3 is 2.52 bits per heavy atom. The number of sulfonamides is 1. The highest BCUT2D eigenvalue weighted by Crippen LogP contribution is 2.34. The standard InChI is InChI=1S/C15H15ClF3N3O2S/c1-2-13(9-4-3-5-11(6-9)25(20,23)24)22-14-12(16)7-10(8-21-14)15(17,18)19/h3-8,13H,2H2,1H3,(H,21,22)(H2,20,23,24). The normalized spacial score (nSPS) is 13.5. The monoisotopic (exact) mass is 393 g/mol. The van der Waals surface area contributed by atoms with Crippen molar-refractivity contribution in [3.63, 3.8) is 0 Å². The molecule has 1 heterocycles. The zero-order valence-electron chi connectivity index (χ0n) is 13.0. The molecule has 5 nitrogen and oxygen atoms in total. The summed E-state index contributed by atoms with van der Waals surface area (Å²) >= 11 is 5.89. The molecule has 0 amide bonds. The number of hydrogen-bond donors (Lipinski definition) is 2. The van der Waals surface area contributed by atoms with Crippen LogP contribution in [-0.4, -0.2) is 13.4 Å². The fraction of sp³-hybridized carbons (Fsp3) is 0.267. The number of anilines is 1. The number of benzene rings is 1. The van der Waals surface area contributed by atoms with E-state index in [4.69, 9.17) is 16.7 Å². The van der Waals surface area contributed by atoms with Crippen LogP contribution in [0.3, 0.4) is 0 Å². The van der Waals surface area contributed by atoms with Crippen molar-refractivity contribution >= 4 is 27.4 Å². The predicted octanol–water partition coefficient (Wildman–Crippen LogP) is 3.96. The zero-order valence-corrected chi connectivity index (χ0v) is 14.6. The molecule has 0 spiro atoms. The van der Waals surface area contributed by atoms with E-state index >= 15 is 0 Å². The first-order valence-corrected chi connectivity index (χ1v) is 9.07. The van der Waals surface area contributed by atoms with Crippen LogP contribution < -0.4 is 10.5 Å². The summed E-state index contributed by atoms with van der Waals surface area (Å²) < 4.78 is 60.9. The number of primary sulfonamides is 1. The summed E-state index contributed by atoms with van der Waals surface area (Å²) in [6, 6.07) is 6.33. The number of nitrogens with two attached hydrogens (primary N) is 1. The second-order valence-corrected chi connectivity index (χ2v) is 7.24. The summed E-state index contributed by atoms with van der Waals surface area (Å²) in [5.74, 6) is 0.0718. The van der Waals surface area contributed by atoms with Crippen LogP contribution in [0.1, 0.15) is 30.5 Å². The Morgan fingerprint density at radius 2 is 2.00 bits per heavy atom. The topological polar surface area (TPSA) is 85.1 Å². The summed E-state index contributed by atoms with van der Waals surface area (Å²) in [7, 11) is -3.86. The lowest BCUT2D eigenvalue weighted by molar-refractivity contribution is -0.137. The molecule has 0 radical (unpaired) electrons. The first-order valence-electron chi connectivity index (χ1n) is 7.14. The molecule has 0 aliphatic heterocycles. The predicted molar refractivity (Wildman–Crippen MR) is 88.7 cm³/mol. The zero-order chi connectivity index (χ0) is 18.8. The van der Waals surface area contributed by atoms with Gasteiger partial charge in [-0.05, 0) is 30.2 Å². The minimum Gasteiger partial charge on any atom is -0.362 e. The molecule has 10 heteroatoms. The third-order valence-electron chi connectivity index (χ3n) is 3.48. The van der Waals surface area contributed by atoms with Crippen LogP contribution in [0.5, 0.6) is 0 Å². The molecule has 0 aliphatic rings. The van der Waals surface area contributed by atoms with Gasteiger partial charge in [0.05, 0.1) is 21.5 Å². The fourth-order valence-corrected chi connectivity index (χ4v) is 2.98. The van der Waals surface area contributed by atoms with Crippen LogP contribution in [-0.2, 0) is 16.2 Å². The molecular formula is C15H15ClF3N3O2S. The maximum atomic E-state index is 12.7. The fourth-order valence-electron chi connectivity index (χ4n) is 2.19. The van der Waals surface area contributed by atoms with Crippen molar-refractivity contribution in [2.75, 3.05) is 5.32 Å². The quantitative estimate of drug-likeness (QED) is 0.805. The largest absolute Gasteiger partial charge is 0.417 e. The van der Waals surface area contributed by atoms with Crippen molar-refractivity contribution in [1.29, 1.82) is 0 Å². The lowest BCUT2D eigenvalue weighted by atomic mass is 10.0. The lowest BCUT2D eigenvalue weighted by Gasteiger charge is -2.20. The van der Waals surface area contributed by atoms with Crippen molar-refractivity contribution in [1.82, 2.24) is 4.98 Å². The highest BCUT2D eigenvalue weighted by Gasteiger charge is 2.31. The minimum atomic E-state index is -4.54. The van der Waals surface area contributed by atoms with Crippen molar-refractivity contribution in [3.05, 3.63) is 52.7 Å². The van der Waals surface area contributed by atoms with Gasteiger partial charge >= 0.3 is 6.18 Å². The van der Waals surface area contributed by atoms with Gasteiger partial charge < -0.3 is 5.32 Å². The van der Waals surface area contributed by atoms with E-state index in [1.165, 1.54) is 18.2 Å². The summed E-state index contributed by atoms with van der Waals surface area (Å²) in [4.78, 5) is 3.66. The van der Waals surface area contributed by atoms with Crippen molar-refractivity contribution < 1.29 is 21.6 Å². The molecule has 0 saturated heterocycles. The van der Waals surface area contributed by atoms with E-state index in [1.54, 1.807) is 6.07 Å². The SMILES string of the molecule is CCC(Nc1ncc(C(F)(F)F)cc1Cl)c1cccc(S(N)(=O)=O)c1. The van der Waals surface area contributed by atoms with Gasteiger partial charge in [0.1, 0.15) is 5.82 Å². The number of rotatable bonds is 5. The van der Waals surface area contributed by atoms with E-state index in [0.717, 1.165) is 6.07 Å². The third-order valence-corrected chi connectivity index (χ3v) is 4.68. The van der Waals surface area contributed by atoms with Gasteiger partial charge in [0.25, 0.3) is 0 Å². The summed E-state index contributed by atoms with van der Waals surface area (Å²) in [5, 5.41) is 7.85. The molecular weight excluding hydrogens is 379 g/mol. The summed E-state index contributed by atoms with van der Waals surface area (Å²) in [6.45, 7) is 1.82. The molecule has 2 aromatic rings. The molecule has 136 valence electrons. The number of nitrogens with zero attached hydrogens (tertiary/aromatic N) is 1. The molecule has 0 saturated carbocycles. The van der Waals surface area contributed by atoms with Crippen LogP contribution in [0.2, 0.25) is 5.02 Å². The van der Waals surface area contributed by atoms with Crippen LogP contribution in [0.25, 0.3) is 0 Å². The maximum Gasteiger partial charge on any atom is 0.417 e. The number of halogens is 4. The minimum absolute atomic E-state index is 0.0586.